The van der Waals surface area contributed by atoms with E-state index in [0.29, 0.717) is 5.69 Å². The number of carbonyl (C=O) groups is 1. The van der Waals surface area contributed by atoms with Gasteiger partial charge in [-0.3, -0.25) is 34.5 Å². The third kappa shape index (κ3) is 8.02. The number of rotatable bonds is 13. The van der Waals surface area contributed by atoms with E-state index in [9.17, 15) is 41.9 Å². The normalized spacial score (nSPS) is 11.4. The molecule has 6 aromatic rings. The number of aromatic nitrogens is 2. The molecular weight excluding hydrogens is 757 g/mol. The first-order chi connectivity index (χ1) is 24.8. The minimum Gasteiger partial charge on any atom is -0.344 e. The Labute approximate surface area is 302 Å². The van der Waals surface area contributed by atoms with Gasteiger partial charge in [0.05, 0.1) is 30.9 Å². The summed E-state index contributed by atoms with van der Waals surface area (Å²) in [5, 5.41) is 32.7. The smallest absolute Gasteiger partial charge is 0.300 e. The predicted octanol–water partition coefficient (Wildman–Crippen LogP) is 6.68. The first kappa shape index (κ1) is 35.5. The number of hydrogen-bond donors (Lipinski definition) is 4. The molecule has 0 atom stereocenters. The average molecular weight is 779 g/mol. The second-order valence-corrected chi connectivity index (χ2v) is 15.6. The first-order valence-corrected chi connectivity index (χ1v) is 19.2. The third-order valence-electron chi connectivity index (χ3n) is 7.06. The van der Waals surface area contributed by atoms with E-state index >= 15 is 0 Å². The van der Waals surface area contributed by atoms with Crippen molar-refractivity contribution in [3.05, 3.63) is 134 Å². The van der Waals surface area contributed by atoms with E-state index in [1.807, 2.05) is 30.3 Å². The molecule has 21 heteroatoms. The Morgan fingerprint density at radius 1 is 0.712 bits per heavy atom. The fraction of sp³-hybridized carbons (Fsp3) is 0. The maximum Gasteiger partial charge on any atom is 0.300 e. The van der Waals surface area contributed by atoms with Gasteiger partial charge in [-0.25, -0.2) is 26.8 Å². The number of thiazole rings is 2. The largest absolute Gasteiger partial charge is 0.344 e. The summed E-state index contributed by atoms with van der Waals surface area (Å²) in [5.74, 6) is -0.954. The highest BCUT2D eigenvalue weighted by atomic mass is 32.2. The molecule has 17 nitrogen and oxygen atoms in total. The molecule has 0 spiro atoms. The van der Waals surface area contributed by atoms with Gasteiger partial charge in [0.25, 0.3) is 26.0 Å². The lowest BCUT2D eigenvalue weighted by Crippen LogP contribution is -2.15. The molecule has 0 fully saturated rings. The Balaban J connectivity index is 1.18. The number of nitro groups is 2. The molecule has 0 unspecified atom stereocenters. The number of nitrogens with zero attached hydrogens (tertiary/aromatic N) is 4. The molecule has 0 aliphatic carbocycles. The predicted molar refractivity (Wildman–Crippen MR) is 195 cm³/mol. The van der Waals surface area contributed by atoms with E-state index in [2.05, 4.69) is 30.0 Å². The molecule has 1 amide bonds. The number of hydrogen-bond acceptors (Lipinski definition) is 14. The third-order valence-corrected chi connectivity index (χ3v) is 11.5. The van der Waals surface area contributed by atoms with Gasteiger partial charge in [0.2, 0.25) is 0 Å². The zero-order valence-electron chi connectivity index (χ0n) is 26.0. The zero-order valence-corrected chi connectivity index (χ0v) is 29.3. The molecule has 6 rings (SSSR count). The molecule has 0 saturated carbocycles. The summed E-state index contributed by atoms with van der Waals surface area (Å²) in [6, 6.07) is 20.7. The van der Waals surface area contributed by atoms with Crippen LogP contribution in [-0.2, 0) is 20.0 Å². The second kappa shape index (κ2) is 14.5. The topological polar surface area (TPSA) is 246 Å². The van der Waals surface area contributed by atoms with Crippen molar-refractivity contribution in [3.63, 3.8) is 0 Å². The van der Waals surface area contributed by atoms with Crippen LogP contribution in [0.25, 0.3) is 11.3 Å². The van der Waals surface area contributed by atoms with E-state index in [-0.39, 0.29) is 31.4 Å². The summed E-state index contributed by atoms with van der Waals surface area (Å²) < 4.78 is 56.0. The van der Waals surface area contributed by atoms with Gasteiger partial charge in [0, 0.05) is 46.0 Å². The highest BCUT2D eigenvalue weighted by molar-refractivity contribution is 7.93. The Kier molecular flexibility index (Phi) is 9.92. The van der Waals surface area contributed by atoms with Crippen LogP contribution in [-0.4, -0.2) is 42.6 Å². The Morgan fingerprint density at radius 3 is 1.81 bits per heavy atom. The Bertz CT molecular complexity index is 2480. The number of nitro benzene ring substituents is 2. The van der Waals surface area contributed by atoms with Gasteiger partial charge in [0.1, 0.15) is 0 Å². The van der Waals surface area contributed by atoms with Crippen LogP contribution in [0.2, 0.25) is 0 Å². The molecule has 0 aliphatic rings. The van der Waals surface area contributed by atoms with E-state index in [1.54, 1.807) is 10.8 Å². The number of carbonyl (C=O) groups excluding carboxylic acids is 1. The van der Waals surface area contributed by atoms with Gasteiger partial charge in [-0.05, 0) is 48.5 Å². The van der Waals surface area contributed by atoms with Gasteiger partial charge >= 0.3 is 11.4 Å². The van der Waals surface area contributed by atoms with Gasteiger partial charge in [-0.2, -0.15) is 0 Å². The highest BCUT2D eigenvalue weighted by Gasteiger charge is 2.29. The van der Waals surface area contributed by atoms with Crippen LogP contribution in [0.3, 0.4) is 0 Å². The van der Waals surface area contributed by atoms with Crippen molar-refractivity contribution >= 4 is 87.3 Å². The molecule has 0 radical (unpaired) electrons. The Hall–Kier alpha value is -6.29. The minimum absolute atomic E-state index is 0.0765. The lowest BCUT2D eigenvalue weighted by Gasteiger charge is -2.11. The molecule has 4 aromatic carbocycles. The Morgan fingerprint density at radius 2 is 1.27 bits per heavy atom. The molecule has 52 heavy (non-hydrogen) atoms. The van der Waals surface area contributed by atoms with Crippen LogP contribution in [0.5, 0.6) is 0 Å². The first-order valence-electron chi connectivity index (χ1n) is 14.5. The van der Waals surface area contributed by atoms with Crippen LogP contribution >= 0.6 is 22.7 Å². The SMILES string of the molecule is O=C(Nc1ccc(S(=O)(=O)Nc2nc(-c3ccccc3)cs2)cc1)c1cc([N+](=O)[O-])c(Nc2ccc(S(=O)(=O)Nc3nccs3)cc2)c([N+](=O)[O-])c1. The number of sulfonamides is 2. The number of amides is 1. The monoisotopic (exact) mass is 778 g/mol. The molecule has 0 saturated heterocycles. The van der Waals surface area contributed by atoms with E-state index in [0.717, 1.165) is 40.4 Å². The van der Waals surface area contributed by atoms with Gasteiger partial charge in [-0.1, -0.05) is 30.3 Å². The van der Waals surface area contributed by atoms with Gasteiger partial charge in [0.15, 0.2) is 16.0 Å². The van der Waals surface area contributed by atoms with Crippen molar-refractivity contribution in [2.45, 2.75) is 9.79 Å². The highest BCUT2D eigenvalue weighted by Crippen LogP contribution is 2.38. The number of anilines is 5. The fourth-order valence-electron chi connectivity index (χ4n) is 4.63. The summed E-state index contributed by atoms with van der Waals surface area (Å²) in [6.07, 6.45) is 1.42. The molecule has 2 aromatic heterocycles. The summed E-state index contributed by atoms with van der Waals surface area (Å²) in [6.45, 7) is 0. The van der Waals surface area contributed by atoms with Crippen molar-refractivity contribution in [1.82, 2.24) is 9.97 Å². The molecule has 4 N–H and O–H groups in total. The van der Waals surface area contributed by atoms with Crippen molar-refractivity contribution in [2.24, 2.45) is 0 Å². The summed E-state index contributed by atoms with van der Waals surface area (Å²) in [7, 11) is -8.08. The van der Waals surface area contributed by atoms with Crippen LogP contribution < -0.4 is 20.1 Å². The van der Waals surface area contributed by atoms with Gasteiger partial charge in [-0.15, -0.1) is 22.7 Å². The molecular formula is C31H22N8O9S4. The molecule has 2 heterocycles. The molecule has 0 aliphatic heterocycles. The standard InChI is InChI=1S/C31H22N8O9S4/c40-29(34-22-8-12-24(13-9-22)52(47,48)37-31-35-25(18-50-31)19-4-2-1-3-5-19)20-16-26(38(41)42)28(27(17-20)39(43)44)33-21-6-10-23(11-7-21)51(45,46)36-30-32-14-15-49-30/h1-18,33H,(H,32,36)(H,34,40)(H,35,37). The lowest BCUT2D eigenvalue weighted by atomic mass is 10.1. The van der Waals surface area contributed by atoms with Gasteiger partial charge < -0.3 is 10.6 Å². The zero-order chi connectivity index (χ0) is 37.0. The maximum atomic E-state index is 13.1. The summed E-state index contributed by atoms with van der Waals surface area (Å²) in [4.78, 5) is 43.3. The molecule has 264 valence electrons. The van der Waals surface area contributed by atoms with Crippen molar-refractivity contribution in [1.29, 1.82) is 0 Å². The number of nitrogens with one attached hydrogen (secondary N) is 4. The van der Waals surface area contributed by atoms with Crippen LogP contribution in [0.4, 0.5) is 38.7 Å². The second-order valence-electron chi connectivity index (χ2n) is 10.5. The maximum absolute atomic E-state index is 13.1. The van der Waals surface area contributed by atoms with Crippen molar-refractivity contribution in [2.75, 3.05) is 20.1 Å². The van der Waals surface area contributed by atoms with Crippen molar-refractivity contribution in [3.8, 4) is 11.3 Å². The quantitative estimate of drug-likeness (QED) is 0.0708. The minimum atomic E-state index is -4.07. The van der Waals surface area contributed by atoms with Crippen LogP contribution in [0.15, 0.2) is 118 Å². The summed E-state index contributed by atoms with van der Waals surface area (Å²) in [5.41, 5.74) is -1.04. The number of benzene rings is 4. The average Bonchev–Trinajstić information content (AvgIpc) is 3.81. The van der Waals surface area contributed by atoms with E-state index in [4.69, 9.17) is 0 Å². The van der Waals surface area contributed by atoms with E-state index in [1.165, 1.54) is 54.7 Å². The van der Waals surface area contributed by atoms with Crippen molar-refractivity contribution < 1.29 is 31.5 Å². The summed E-state index contributed by atoms with van der Waals surface area (Å²) >= 11 is 2.17. The van der Waals surface area contributed by atoms with Crippen LogP contribution in [0.1, 0.15) is 10.4 Å². The lowest BCUT2D eigenvalue weighted by molar-refractivity contribution is -0.392. The molecule has 0 bridgehead atoms. The fourth-order valence-corrected chi connectivity index (χ4v) is 8.39. The van der Waals surface area contributed by atoms with Crippen LogP contribution in [0, 0.1) is 20.2 Å². The van der Waals surface area contributed by atoms with E-state index < -0.39 is 58.4 Å².